The van der Waals surface area contributed by atoms with Crippen LogP contribution >= 0.6 is 0 Å². The number of hydrogen-bond donors (Lipinski definition) is 1. The third-order valence-electron chi connectivity index (χ3n) is 9.66. The van der Waals surface area contributed by atoms with Gasteiger partial charge in [-0.2, -0.15) is 13.2 Å². The van der Waals surface area contributed by atoms with E-state index < -0.39 is 41.1 Å². The molecule has 5 rings (SSSR count). The van der Waals surface area contributed by atoms with E-state index in [-0.39, 0.29) is 37.6 Å². The van der Waals surface area contributed by atoms with Gasteiger partial charge in [-0.15, -0.1) is 0 Å². The van der Waals surface area contributed by atoms with Crippen molar-refractivity contribution in [3.05, 3.63) is 59.2 Å². The Balaban J connectivity index is 1.36. The van der Waals surface area contributed by atoms with Crippen LogP contribution in [-0.4, -0.2) is 84.4 Å². The molecule has 0 saturated carbocycles. The number of anilines is 1. The molecule has 11 heteroatoms. The van der Waals surface area contributed by atoms with Gasteiger partial charge in [0.1, 0.15) is 5.75 Å². The molecule has 0 bridgehead atoms. The van der Waals surface area contributed by atoms with Gasteiger partial charge in [-0.1, -0.05) is 18.2 Å². The molecule has 3 atom stereocenters. The van der Waals surface area contributed by atoms with Crippen LogP contribution in [0.4, 0.5) is 23.2 Å². The minimum Gasteiger partial charge on any atom is -0.497 e. The maximum absolute atomic E-state index is 17.1. The molecule has 2 aromatic carbocycles. The highest BCUT2D eigenvalue weighted by molar-refractivity contribution is 5.87. The van der Waals surface area contributed by atoms with E-state index in [2.05, 4.69) is 0 Å². The fourth-order valence-corrected chi connectivity index (χ4v) is 6.93. The standard InChI is InChI=1S/C33H41F4N3O4/c1-31(2,3)40-19-27(22-5-8-25(44-4)9-6-22)32(34,20-40)30(43)38-14-11-21(12-15-38)26-10-7-24(33(35,36)37)17-28(26)39-16-13-23(18-39)29(41)42/h5-10,17,21,23,27H,11-16,18-20H2,1-4H3,(H,41,42)/t23?,27-,32-/m0/s1. The van der Waals surface area contributed by atoms with Crippen LogP contribution in [0, 0.1) is 5.92 Å². The molecule has 44 heavy (non-hydrogen) atoms. The van der Waals surface area contributed by atoms with Crippen LogP contribution in [0.3, 0.4) is 0 Å². The van der Waals surface area contributed by atoms with Crippen molar-refractivity contribution in [2.75, 3.05) is 51.3 Å². The second kappa shape index (κ2) is 11.9. The second-order valence-corrected chi connectivity index (χ2v) is 13.3. The van der Waals surface area contributed by atoms with Gasteiger partial charge in [-0.05, 0) is 81.3 Å². The number of halogens is 4. The number of alkyl halides is 4. The van der Waals surface area contributed by atoms with Gasteiger partial charge in [0.2, 0.25) is 5.67 Å². The Morgan fingerprint density at radius 1 is 0.955 bits per heavy atom. The number of benzene rings is 2. The zero-order chi connectivity index (χ0) is 32.0. The maximum Gasteiger partial charge on any atom is 0.416 e. The van der Waals surface area contributed by atoms with Gasteiger partial charge in [0.05, 0.1) is 18.6 Å². The van der Waals surface area contributed by atoms with Crippen molar-refractivity contribution in [3.63, 3.8) is 0 Å². The van der Waals surface area contributed by atoms with Gasteiger partial charge in [-0.3, -0.25) is 14.5 Å². The highest BCUT2D eigenvalue weighted by Crippen LogP contribution is 2.45. The summed E-state index contributed by atoms with van der Waals surface area (Å²) in [6.45, 7) is 7.40. The summed E-state index contributed by atoms with van der Waals surface area (Å²) in [4.78, 5) is 30.8. The first-order chi connectivity index (χ1) is 20.6. The first-order valence-electron chi connectivity index (χ1n) is 15.2. The largest absolute Gasteiger partial charge is 0.497 e. The van der Waals surface area contributed by atoms with Crippen LogP contribution in [0.2, 0.25) is 0 Å². The number of carboxylic acid groups (broad SMARTS) is 1. The number of carboxylic acids is 1. The van der Waals surface area contributed by atoms with Crippen molar-refractivity contribution < 1.29 is 37.0 Å². The lowest BCUT2D eigenvalue weighted by molar-refractivity contribution is -0.145. The number of amides is 1. The van der Waals surface area contributed by atoms with Crippen LogP contribution in [0.5, 0.6) is 5.75 Å². The summed E-state index contributed by atoms with van der Waals surface area (Å²) in [7, 11) is 1.56. The van der Waals surface area contributed by atoms with Crippen LogP contribution in [0.15, 0.2) is 42.5 Å². The molecule has 3 heterocycles. The smallest absolute Gasteiger partial charge is 0.416 e. The molecule has 0 spiro atoms. The third-order valence-corrected chi connectivity index (χ3v) is 9.66. The molecule has 3 aliphatic heterocycles. The Hall–Kier alpha value is -3.34. The van der Waals surface area contributed by atoms with Crippen LogP contribution in [0.1, 0.15) is 68.6 Å². The zero-order valence-electron chi connectivity index (χ0n) is 25.7. The predicted molar refractivity (Wildman–Crippen MR) is 159 cm³/mol. The fourth-order valence-electron chi connectivity index (χ4n) is 6.93. The van der Waals surface area contributed by atoms with Crippen molar-refractivity contribution in [2.45, 2.75) is 69.3 Å². The van der Waals surface area contributed by atoms with Crippen LogP contribution in [-0.2, 0) is 15.8 Å². The lowest BCUT2D eigenvalue weighted by Gasteiger charge is -2.38. The lowest BCUT2D eigenvalue weighted by atomic mass is 9.83. The van der Waals surface area contributed by atoms with Gasteiger partial charge in [0, 0.05) is 56.4 Å². The molecule has 0 aromatic heterocycles. The Kier molecular flexibility index (Phi) is 8.65. The molecule has 1 unspecified atom stereocenters. The molecule has 3 saturated heterocycles. The molecule has 3 aliphatic rings. The molecule has 2 aromatic rings. The summed E-state index contributed by atoms with van der Waals surface area (Å²) in [5, 5.41) is 9.46. The second-order valence-electron chi connectivity index (χ2n) is 13.3. The number of nitrogens with zero attached hydrogens (tertiary/aromatic N) is 3. The van der Waals surface area contributed by atoms with Gasteiger partial charge in [0.25, 0.3) is 5.91 Å². The third kappa shape index (κ3) is 6.25. The zero-order valence-corrected chi connectivity index (χ0v) is 25.7. The van der Waals surface area contributed by atoms with E-state index >= 15 is 4.39 Å². The molecule has 7 nitrogen and oxygen atoms in total. The van der Waals surface area contributed by atoms with E-state index in [0.29, 0.717) is 49.4 Å². The summed E-state index contributed by atoms with van der Waals surface area (Å²) in [6, 6.07) is 10.8. The molecule has 1 amide bonds. The molecule has 1 N–H and O–H groups in total. The molecule has 240 valence electrons. The summed E-state index contributed by atoms with van der Waals surface area (Å²) >= 11 is 0. The topological polar surface area (TPSA) is 73.3 Å². The summed E-state index contributed by atoms with van der Waals surface area (Å²) in [5.41, 5.74) is -1.44. The summed E-state index contributed by atoms with van der Waals surface area (Å²) in [6.07, 6.45) is -3.25. The van der Waals surface area contributed by atoms with Crippen LogP contribution in [0.25, 0.3) is 0 Å². The SMILES string of the molecule is COc1ccc([C@@H]2CN(C(C)(C)C)C[C@@]2(F)C(=O)N2CCC(c3ccc(C(F)(F)F)cc3N3CCC(C(=O)O)C3)CC2)cc1. The maximum atomic E-state index is 17.1. The van der Waals surface area contributed by atoms with E-state index in [1.807, 2.05) is 37.8 Å². The van der Waals surface area contributed by atoms with Gasteiger partial charge >= 0.3 is 12.1 Å². The van der Waals surface area contributed by atoms with Crippen LogP contribution < -0.4 is 9.64 Å². The van der Waals surface area contributed by atoms with Crippen molar-refractivity contribution in [1.29, 1.82) is 0 Å². The minimum atomic E-state index is -4.53. The Morgan fingerprint density at radius 2 is 1.61 bits per heavy atom. The van der Waals surface area contributed by atoms with E-state index in [0.717, 1.165) is 17.7 Å². The number of ether oxygens (including phenoxy) is 1. The first kappa shape index (κ1) is 32.1. The molecule has 3 fully saturated rings. The van der Waals surface area contributed by atoms with Gasteiger partial charge < -0.3 is 19.6 Å². The number of piperidine rings is 1. The average molecular weight is 620 g/mol. The molecular weight excluding hydrogens is 578 g/mol. The number of rotatable bonds is 6. The van der Waals surface area contributed by atoms with Crippen molar-refractivity contribution in [3.8, 4) is 5.75 Å². The molecule has 0 aliphatic carbocycles. The number of methoxy groups -OCH3 is 1. The minimum absolute atomic E-state index is 0.0330. The van der Waals surface area contributed by atoms with Gasteiger partial charge in [-0.25, -0.2) is 4.39 Å². The van der Waals surface area contributed by atoms with Crippen molar-refractivity contribution in [2.24, 2.45) is 5.92 Å². The average Bonchev–Trinajstić information content (AvgIpc) is 3.62. The highest BCUT2D eigenvalue weighted by atomic mass is 19.4. The number of carbonyl (C=O) groups excluding carboxylic acids is 1. The Bertz CT molecular complexity index is 1370. The lowest BCUT2D eigenvalue weighted by Crippen LogP contribution is -2.53. The highest BCUT2D eigenvalue weighted by Gasteiger charge is 2.57. The van der Waals surface area contributed by atoms with E-state index in [1.165, 1.54) is 6.07 Å². The number of hydrogen-bond acceptors (Lipinski definition) is 5. The van der Waals surface area contributed by atoms with Crippen molar-refractivity contribution >= 4 is 17.6 Å². The van der Waals surface area contributed by atoms with Crippen molar-refractivity contribution in [1.82, 2.24) is 9.80 Å². The summed E-state index contributed by atoms with van der Waals surface area (Å²) in [5.74, 6) is -2.33. The Morgan fingerprint density at radius 3 is 2.16 bits per heavy atom. The Labute approximate surface area is 255 Å². The monoisotopic (exact) mass is 619 g/mol. The van der Waals surface area contributed by atoms with E-state index in [1.54, 1.807) is 29.0 Å². The van der Waals surface area contributed by atoms with E-state index in [4.69, 9.17) is 4.74 Å². The summed E-state index contributed by atoms with van der Waals surface area (Å²) < 4.78 is 63.3. The van der Waals surface area contributed by atoms with Gasteiger partial charge in [0.15, 0.2) is 0 Å². The normalized spacial score (nSPS) is 25.5. The number of likely N-dealkylation sites (tertiary alicyclic amines) is 2. The predicted octanol–water partition coefficient (Wildman–Crippen LogP) is 5.94. The van der Waals surface area contributed by atoms with E-state index in [9.17, 15) is 27.9 Å². The number of carbonyl (C=O) groups is 2. The molecule has 0 radical (unpaired) electrons. The first-order valence-corrected chi connectivity index (χ1v) is 15.2. The quantitative estimate of drug-likeness (QED) is 0.404. The number of aliphatic carboxylic acids is 1. The fraction of sp³-hybridized carbons (Fsp3) is 0.576. The molecular formula is C33H41F4N3O4.